The lowest BCUT2D eigenvalue weighted by molar-refractivity contribution is -0.156. The first-order valence-electron chi connectivity index (χ1n) is 8.41. The van der Waals surface area contributed by atoms with Gasteiger partial charge in [-0.1, -0.05) is 30.3 Å². The number of carbonyl (C=O) groups excluding carboxylic acids is 4. The van der Waals surface area contributed by atoms with Crippen molar-refractivity contribution in [1.29, 1.82) is 0 Å². The zero-order valence-electron chi connectivity index (χ0n) is 15.9. The number of benzene rings is 1. The standard InChI is InChI=1S/C19H25NO7/c1-13(21)20-19(11-25-14(2)22,12-26-15(3)23)10-18(27-16(4)24)17-8-6-5-7-9-17/h5-9,18H,10-12H2,1-4H3,(H,20,21). The molecule has 8 nitrogen and oxygen atoms in total. The summed E-state index contributed by atoms with van der Waals surface area (Å²) in [5, 5.41) is 2.69. The molecule has 0 aliphatic heterocycles. The lowest BCUT2D eigenvalue weighted by Crippen LogP contribution is -2.56. The minimum Gasteiger partial charge on any atom is -0.463 e. The fraction of sp³-hybridized carbons (Fsp3) is 0.474. The van der Waals surface area contributed by atoms with E-state index in [-0.39, 0.29) is 19.6 Å². The van der Waals surface area contributed by atoms with Crippen molar-refractivity contribution in [2.75, 3.05) is 13.2 Å². The molecule has 1 amide bonds. The number of hydrogen-bond acceptors (Lipinski definition) is 7. The Labute approximate surface area is 158 Å². The second kappa shape index (κ2) is 10.3. The largest absolute Gasteiger partial charge is 0.463 e. The summed E-state index contributed by atoms with van der Waals surface area (Å²) in [4.78, 5) is 46.0. The molecule has 0 aliphatic rings. The van der Waals surface area contributed by atoms with Gasteiger partial charge in [-0.3, -0.25) is 19.2 Å². The zero-order chi connectivity index (χ0) is 20.4. The van der Waals surface area contributed by atoms with Gasteiger partial charge in [0.2, 0.25) is 5.91 Å². The highest BCUT2D eigenvalue weighted by molar-refractivity contribution is 5.74. The number of carbonyl (C=O) groups is 4. The molecule has 0 radical (unpaired) electrons. The van der Waals surface area contributed by atoms with Gasteiger partial charge in [0, 0.05) is 34.1 Å². The Balaban J connectivity index is 3.24. The van der Waals surface area contributed by atoms with E-state index in [9.17, 15) is 19.2 Å². The van der Waals surface area contributed by atoms with Crippen LogP contribution in [0.5, 0.6) is 0 Å². The molecule has 0 aromatic heterocycles. The van der Waals surface area contributed by atoms with Crippen LogP contribution in [-0.2, 0) is 33.4 Å². The van der Waals surface area contributed by atoms with Gasteiger partial charge in [0.15, 0.2) is 0 Å². The predicted molar refractivity (Wildman–Crippen MR) is 95.4 cm³/mol. The molecule has 1 rings (SSSR count). The lowest BCUT2D eigenvalue weighted by Gasteiger charge is -2.36. The van der Waals surface area contributed by atoms with Gasteiger partial charge < -0.3 is 19.5 Å². The molecule has 1 aromatic carbocycles. The van der Waals surface area contributed by atoms with Crippen LogP contribution < -0.4 is 5.32 Å². The fourth-order valence-corrected chi connectivity index (χ4v) is 2.59. The molecule has 0 aliphatic carbocycles. The second-order valence-electron chi connectivity index (χ2n) is 6.23. The molecule has 1 atom stereocenters. The molecular weight excluding hydrogens is 354 g/mol. The van der Waals surface area contributed by atoms with E-state index in [4.69, 9.17) is 14.2 Å². The minimum absolute atomic E-state index is 0.0384. The van der Waals surface area contributed by atoms with E-state index < -0.39 is 35.5 Å². The van der Waals surface area contributed by atoms with Crippen LogP contribution in [0.2, 0.25) is 0 Å². The van der Waals surface area contributed by atoms with E-state index in [1.807, 2.05) is 6.07 Å². The first kappa shape index (κ1) is 22.1. The molecule has 0 bridgehead atoms. The molecule has 148 valence electrons. The average molecular weight is 379 g/mol. The van der Waals surface area contributed by atoms with Gasteiger partial charge in [0.25, 0.3) is 0 Å². The summed E-state index contributed by atoms with van der Waals surface area (Å²) in [7, 11) is 0. The van der Waals surface area contributed by atoms with E-state index in [0.29, 0.717) is 5.56 Å². The number of ether oxygens (including phenoxy) is 3. The van der Waals surface area contributed by atoms with Crippen molar-refractivity contribution in [3.05, 3.63) is 35.9 Å². The molecule has 0 heterocycles. The summed E-state index contributed by atoms with van der Waals surface area (Å²) in [5.74, 6) is -2.04. The third-order valence-electron chi connectivity index (χ3n) is 3.60. The number of esters is 3. The smallest absolute Gasteiger partial charge is 0.303 e. The Bertz CT molecular complexity index is 654. The minimum atomic E-state index is -1.26. The van der Waals surface area contributed by atoms with Crippen LogP contribution in [0.1, 0.15) is 45.8 Å². The summed E-state index contributed by atoms with van der Waals surface area (Å²) < 4.78 is 15.6. The maximum absolute atomic E-state index is 11.8. The van der Waals surface area contributed by atoms with E-state index in [1.165, 1.54) is 27.7 Å². The number of amides is 1. The van der Waals surface area contributed by atoms with Gasteiger partial charge in [-0.25, -0.2) is 0 Å². The molecule has 1 N–H and O–H groups in total. The maximum Gasteiger partial charge on any atom is 0.303 e. The third-order valence-corrected chi connectivity index (χ3v) is 3.60. The van der Waals surface area contributed by atoms with Crippen molar-refractivity contribution in [2.24, 2.45) is 0 Å². The summed E-state index contributed by atoms with van der Waals surface area (Å²) >= 11 is 0. The second-order valence-corrected chi connectivity index (χ2v) is 6.23. The lowest BCUT2D eigenvalue weighted by atomic mass is 9.90. The van der Waals surface area contributed by atoms with Crippen molar-refractivity contribution < 1.29 is 33.4 Å². The Kier molecular flexibility index (Phi) is 8.44. The number of nitrogens with one attached hydrogen (secondary N) is 1. The fourth-order valence-electron chi connectivity index (χ4n) is 2.59. The molecular formula is C19H25NO7. The molecule has 0 fully saturated rings. The normalized spacial score (nSPS) is 11.9. The van der Waals surface area contributed by atoms with E-state index >= 15 is 0 Å². The highest BCUT2D eigenvalue weighted by Gasteiger charge is 2.38. The molecule has 1 aromatic rings. The first-order chi connectivity index (χ1) is 12.6. The van der Waals surface area contributed by atoms with Crippen LogP contribution in [-0.4, -0.2) is 42.6 Å². The maximum atomic E-state index is 11.8. The van der Waals surface area contributed by atoms with Crippen molar-refractivity contribution >= 4 is 23.8 Å². The topological polar surface area (TPSA) is 108 Å². The van der Waals surface area contributed by atoms with Crippen LogP contribution in [0.15, 0.2) is 30.3 Å². The molecule has 1 unspecified atom stereocenters. The molecule has 0 saturated carbocycles. The van der Waals surface area contributed by atoms with Crippen LogP contribution >= 0.6 is 0 Å². The van der Waals surface area contributed by atoms with E-state index in [0.717, 1.165) is 0 Å². The van der Waals surface area contributed by atoms with Gasteiger partial charge in [-0.15, -0.1) is 0 Å². The zero-order valence-corrected chi connectivity index (χ0v) is 15.9. The summed E-state index contributed by atoms with van der Waals surface area (Å²) in [6, 6.07) is 8.91. The summed E-state index contributed by atoms with van der Waals surface area (Å²) in [6.45, 7) is 4.52. The monoisotopic (exact) mass is 379 g/mol. The van der Waals surface area contributed by atoms with Crippen molar-refractivity contribution in [3.63, 3.8) is 0 Å². The summed E-state index contributed by atoms with van der Waals surface area (Å²) in [5.41, 5.74) is -0.577. The Morgan fingerprint density at radius 3 is 1.81 bits per heavy atom. The first-order valence-corrected chi connectivity index (χ1v) is 8.41. The van der Waals surface area contributed by atoms with Crippen molar-refractivity contribution in [2.45, 2.75) is 45.8 Å². The van der Waals surface area contributed by atoms with Crippen LogP contribution in [0.4, 0.5) is 0 Å². The van der Waals surface area contributed by atoms with Gasteiger partial charge in [0.05, 0.1) is 0 Å². The van der Waals surface area contributed by atoms with Crippen molar-refractivity contribution in [1.82, 2.24) is 5.32 Å². The molecule has 0 spiro atoms. The SMILES string of the molecule is CC(=O)NC(COC(C)=O)(COC(C)=O)CC(OC(C)=O)c1ccccc1. The third kappa shape index (κ3) is 8.35. The van der Waals surface area contributed by atoms with E-state index in [2.05, 4.69) is 5.32 Å². The van der Waals surface area contributed by atoms with Crippen molar-refractivity contribution in [3.8, 4) is 0 Å². The highest BCUT2D eigenvalue weighted by Crippen LogP contribution is 2.29. The molecule has 27 heavy (non-hydrogen) atoms. The van der Waals surface area contributed by atoms with Crippen LogP contribution in [0, 0.1) is 0 Å². The Morgan fingerprint density at radius 1 is 0.889 bits per heavy atom. The van der Waals surface area contributed by atoms with Crippen LogP contribution in [0.3, 0.4) is 0 Å². The summed E-state index contributed by atoms with van der Waals surface area (Å²) in [6.07, 6.45) is -0.710. The van der Waals surface area contributed by atoms with Gasteiger partial charge in [0.1, 0.15) is 24.9 Å². The quantitative estimate of drug-likeness (QED) is 0.514. The van der Waals surface area contributed by atoms with E-state index in [1.54, 1.807) is 24.3 Å². The predicted octanol–water partition coefficient (Wildman–Crippen LogP) is 1.68. The highest BCUT2D eigenvalue weighted by atomic mass is 16.6. The molecule has 8 heteroatoms. The van der Waals surface area contributed by atoms with Crippen LogP contribution in [0.25, 0.3) is 0 Å². The Hall–Kier alpha value is -2.90. The van der Waals surface area contributed by atoms with Gasteiger partial charge in [-0.2, -0.15) is 0 Å². The molecule has 0 saturated heterocycles. The average Bonchev–Trinajstić information content (AvgIpc) is 2.57. The Morgan fingerprint density at radius 2 is 1.41 bits per heavy atom. The van der Waals surface area contributed by atoms with Gasteiger partial charge in [-0.05, 0) is 5.56 Å². The van der Waals surface area contributed by atoms with Gasteiger partial charge >= 0.3 is 17.9 Å². The number of hydrogen-bond donors (Lipinski definition) is 1. The number of rotatable bonds is 9.